The van der Waals surface area contributed by atoms with Gasteiger partial charge in [0, 0.05) is 4.88 Å². The topological polar surface area (TPSA) is 3.24 Å². The molecule has 1 aromatic heterocycles. The molecule has 0 aromatic carbocycles. The van der Waals surface area contributed by atoms with Crippen molar-refractivity contribution >= 4 is 18.3 Å². The van der Waals surface area contributed by atoms with Crippen LogP contribution in [0.1, 0.15) is 4.88 Å². The summed E-state index contributed by atoms with van der Waals surface area (Å²) in [5.74, 6) is 0. The zero-order chi connectivity index (χ0) is 10.6. The summed E-state index contributed by atoms with van der Waals surface area (Å²) in [6, 6.07) is 3.85. The fraction of sp³-hybridized carbons (Fsp3) is 0.500. The van der Waals surface area contributed by atoms with Crippen LogP contribution < -0.4 is 0 Å². The molecule has 0 atom stereocenters. The van der Waals surface area contributed by atoms with Gasteiger partial charge in [0.25, 0.3) is 0 Å². The Balaban J connectivity index is 2.25. The zero-order valence-electron chi connectivity index (χ0n) is 7.92. The van der Waals surface area contributed by atoms with Gasteiger partial charge in [-0.15, -0.1) is 11.3 Å². The van der Waals surface area contributed by atoms with Gasteiger partial charge in [0.1, 0.15) is 0 Å². The molecule has 1 aromatic rings. The molecule has 0 saturated heterocycles. The first kappa shape index (κ1) is 11.6. The monoisotopic (exact) mass is 222 g/mol. The molecule has 0 aliphatic rings. The molecule has 14 heavy (non-hydrogen) atoms. The van der Waals surface area contributed by atoms with E-state index < -0.39 is 13.4 Å². The predicted molar refractivity (Wildman–Crippen MR) is 54.6 cm³/mol. The lowest BCUT2D eigenvalue weighted by atomic mass is 9.91. The molecule has 0 fully saturated rings. The van der Waals surface area contributed by atoms with Crippen molar-refractivity contribution in [2.75, 3.05) is 20.0 Å². The van der Waals surface area contributed by atoms with Crippen molar-refractivity contribution in [3.8, 4) is 0 Å². The summed E-state index contributed by atoms with van der Waals surface area (Å²) in [5.41, 5.74) is 0. The number of halogens is 3. The quantitative estimate of drug-likeness (QED) is 0.692. The minimum absolute atomic E-state index is 0.460. The van der Waals surface area contributed by atoms with Gasteiger partial charge in [0.05, 0.1) is 0 Å². The van der Waals surface area contributed by atoms with E-state index in [4.69, 9.17) is 0 Å². The van der Waals surface area contributed by atoms with Crippen LogP contribution in [0.3, 0.4) is 0 Å². The summed E-state index contributed by atoms with van der Waals surface area (Å²) >= 11 is 1.58. The molecule has 0 amide bonds. The Morgan fingerprint density at radius 3 is 2.64 bits per heavy atom. The van der Waals surface area contributed by atoms with Crippen LogP contribution in [0.5, 0.6) is 0 Å². The minimum atomic E-state index is -4.69. The SMILES string of the molecule is CN(CCc1cccs1)C[B-](F)(F)F. The second-order valence-electron chi connectivity index (χ2n) is 3.30. The molecule has 0 aliphatic carbocycles. The fourth-order valence-electron chi connectivity index (χ4n) is 1.20. The lowest BCUT2D eigenvalue weighted by Gasteiger charge is -2.23. The molecule has 0 N–H and O–H groups in total. The van der Waals surface area contributed by atoms with Crippen LogP contribution in [-0.4, -0.2) is 31.9 Å². The highest BCUT2D eigenvalue weighted by Crippen LogP contribution is 2.12. The van der Waals surface area contributed by atoms with Crippen LogP contribution in [0.4, 0.5) is 12.9 Å². The highest BCUT2D eigenvalue weighted by Gasteiger charge is 2.24. The van der Waals surface area contributed by atoms with E-state index in [1.165, 1.54) is 11.9 Å². The molecule has 1 heterocycles. The molecule has 0 aliphatic heterocycles. The number of likely N-dealkylation sites (N-methyl/N-ethyl adjacent to an activating group) is 1. The van der Waals surface area contributed by atoms with Crippen molar-refractivity contribution in [3.63, 3.8) is 0 Å². The molecule has 0 bridgehead atoms. The zero-order valence-corrected chi connectivity index (χ0v) is 8.74. The third-order valence-electron chi connectivity index (χ3n) is 1.84. The summed E-state index contributed by atoms with van der Waals surface area (Å²) in [4.78, 5) is 2.45. The average molecular weight is 222 g/mol. The molecular formula is C8H12BF3NS-. The minimum Gasteiger partial charge on any atom is -0.448 e. The van der Waals surface area contributed by atoms with Crippen molar-refractivity contribution in [2.24, 2.45) is 0 Å². The van der Waals surface area contributed by atoms with Crippen LogP contribution in [0.25, 0.3) is 0 Å². The van der Waals surface area contributed by atoms with Gasteiger partial charge < -0.3 is 17.8 Å². The first-order chi connectivity index (χ1) is 6.47. The van der Waals surface area contributed by atoms with Gasteiger partial charge in [-0.1, -0.05) is 6.07 Å². The Hall–Kier alpha value is -0.485. The van der Waals surface area contributed by atoms with Crippen LogP contribution in [0, 0.1) is 0 Å². The fourth-order valence-corrected chi connectivity index (χ4v) is 1.90. The van der Waals surface area contributed by atoms with E-state index in [1.807, 2.05) is 17.5 Å². The van der Waals surface area contributed by atoms with E-state index in [0.29, 0.717) is 13.0 Å². The van der Waals surface area contributed by atoms with Gasteiger partial charge in [-0.05, 0) is 37.9 Å². The first-order valence-electron chi connectivity index (χ1n) is 4.39. The Morgan fingerprint density at radius 2 is 2.14 bits per heavy atom. The predicted octanol–water partition coefficient (Wildman–Crippen LogP) is 2.61. The molecule has 0 radical (unpaired) electrons. The highest BCUT2D eigenvalue weighted by molar-refractivity contribution is 7.09. The molecule has 0 unspecified atom stereocenters. The summed E-state index contributed by atoms with van der Waals surface area (Å²) in [6.07, 6.45) is -0.0777. The van der Waals surface area contributed by atoms with Crippen LogP contribution in [0.2, 0.25) is 0 Å². The van der Waals surface area contributed by atoms with Crippen molar-refractivity contribution in [1.29, 1.82) is 0 Å². The molecule has 80 valence electrons. The first-order valence-corrected chi connectivity index (χ1v) is 5.27. The maximum Gasteiger partial charge on any atom is 0.492 e. The molecule has 1 rings (SSSR count). The van der Waals surface area contributed by atoms with E-state index in [-0.39, 0.29) is 0 Å². The van der Waals surface area contributed by atoms with Crippen molar-refractivity contribution in [1.82, 2.24) is 4.90 Å². The Bertz CT molecular complexity index is 260. The molecule has 1 nitrogen and oxygen atoms in total. The second kappa shape index (κ2) is 4.84. The number of hydrogen-bond acceptors (Lipinski definition) is 2. The lowest BCUT2D eigenvalue weighted by molar-refractivity contribution is 0.332. The smallest absolute Gasteiger partial charge is 0.448 e. The van der Waals surface area contributed by atoms with Gasteiger partial charge in [-0.25, -0.2) is 0 Å². The molecule has 6 heteroatoms. The summed E-state index contributed by atoms with van der Waals surface area (Å²) in [6.45, 7) is -4.23. The number of thiophene rings is 1. The van der Waals surface area contributed by atoms with Crippen LogP contribution in [-0.2, 0) is 6.42 Å². The lowest BCUT2D eigenvalue weighted by Crippen LogP contribution is -2.36. The number of hydrogen-bond donors (Lipinski definition) is 0. The van der Waals surface area contributed by atoms with Crippen molar-refractivity contribution in [2.45, 2.75) is 6.42 Å². The maximum atomic E-state index is 12.0. The van der Waals surface area contributed by atoms with E-state index in [2.05, 4.69) is 0 Å². The van der Waals surface area contributed by atoms with Crippen molar-refractivity contribution < 1.29 is 12.9 Å². The van der Waals surface area contributed by atoms with Gasteiger partial charge in [-0.2, -0.15) is 0 Å². The summed E-state index contributed by atoms with van der Waals surface area (Å²) in [7, 11) is 1.50. The maximum absolute atomic E-state index is 12.0. The average Bonchev–Trinajstić information content (AvgIpc) is 2.49. The highest BCUT2D eigenvalue weighted by atomic mass is 32.1. The normalized spacial score (nSPS) is 12.4. The van der Waals surface area contributed by atoms with Gasteiger partial charge in [0.2, 0.25) is 0 Å². The standard InChI is InChI=1S/C8H12BF3NS/c1-13(7-9(10,11)12)5-4-8-3-2-6-14-8/h2-3,6H,4-5,7H2,1H3/q-1. The van der Waals surface area contributed by atoms with Gasteiger partial charge in [0.15, 0.2) is 0 Å². The summed E-state index contributed by atoms with van der Waals surface area (Å²) < 4.78 is 36.0. The Morgan fingerprint density at radius 1 is 1.43 bits per heavy atom. The largest absolute Gasteiger partial charge is 0.492 e. The van der Waals surface area contributed by atoms with E-state index in [0.717, 1.165) is 4.88 Å². The van der Waals surface area contributed by atoms with Gasteiger partial charge >= 0.3 is 6.98 Å². The van der Waals surface area contributed by atoms with E-state index in [1.54, 1.807) is 11.3 Å². The van der Waals surface area contributed by atoms with E-state index in [9.17, 15) is 12.9 Å². The molecule has 0 saturated carbocycles. The molecular weight excluding hydrogens is 210 g/mol. The second-order valence-corrected chi connectivity index (χ2v) is 4.33. The third kappa shape index (κ3) is 4.67. The van der Waals surface area contributed by atoms with Gasteiger partial charge in [-0.3, -0.25) is 0 Å². The van der Waals surface area contributed by atoms with Crippen LogP contribution in [0.15, 0.2) is 17.5 Å². The Labute approximate surface area is 85.6 Å². The van der Waals surface area contributed by atoms with Crippen molar-refractivity contribution in [3.05, 3.63) is 22.4 Å². The van der Waals surface area contributed by atoms with E-state index >= 15 is 0 Å². The number of rotatable bonds is 5. The third-order valence-corrected chi connectivity index (χ3v) is 2.77. The van der Waals surface area contributed by atoms with Crippen LogP contribution >= 0.6 is 11.3 Å². The number of nitrogens with zero attached hydrogens (tertiary/aromatic N) is 1. The molecule has 0 spiro atoms. The Kier molecular flexibility index (Phi) is 4.01. The summed E-state index contributed by atoms with van der Waals surface area (Å²) in [5, 5.41) is 1.93.